The number of hydrogen-bond acceptors (Lipinski definition) is 2. The Kier molecular flexibility index (Phi) is 3.74. The fraction of sp³-hybridized carbons (Fsp3) is 0.417. The number of benzene rings is 1. The fourth-order valence-corrected chi connectivity index (χ4v) is 2.12. The third kappa shape index (κ3) is 3.27. The molecule has 2 rings (SSSR count). The van der Waals surface area contributed by atoms with Crippen molar-refractivity contribution in [2.75, 3.05) is 13.1 Å². The summed E-state index contributed by atoms with van der Waals surface area (Å²) in [5.41, 5.74) is 0. The topological polar surface area (TPSA) is 49.8 Å². The lowest BCUT2D eigenvalue weighted by Crippen LogP contribution is -2.43. The fourth-order valence-electron chi connectivity index (χ4n) is 1.94. The lowest BCUT2D eigenvalue weighted by molar-refractivity contribution is 0.0792. The first-order valence-electron chi connectivity index (χ1n) is 5.55. The van der Waals surface area contributed by atoms with Crippen molar-refractivity contribution in [2.24, 2.45) is 0 Å². The Labute approximate surface area is 105 Å². The Morgan fingerprint density at radius 2 is 2.35 bits per heavy atom. The number of carboxylic acid groups (broad SMARTS) is 1. The summed E-state index contributed by atoms with van der Waals surface area (Å²) in [6.45, 7) is 1.01. The number of hydrogen-bond donors (Lipinski definition) is 1. The molecule has 1 aromatic carbocycles. The molecule has 0 radical (unpaired) electrons. The Bertz CT molecular complexity index is 410. The quantitative estimate of drug-likeness (QED) is 0.884. The Hall–Kier alpha value is -1.42. The molecule has 0 spiro atoms. The molecule has 1 saturated heterocycles. The monoisotopic (exact) mass is 255 g/mol. The van der Waals surface area contributed by atoms with Crippen LogP contribution in [0.15, 0.2) is 24.3 Å². The van der Waals surface area contributed by atoms with Crippen LogP contribution in [0.2, 0.25) is 5.02 Å². The van der Waals surface area contributed by atoms with Crippen LogP contribution in [0.3, 0.4) is 0 Å². The summed E-state index contributed by atoms with van der Waals surface area (Å²) in [7, 11) is 0. The van der Waals surface area contributed by atoms with Crippen LogP contribution in [0.25, 0.3) is 0 Å². The minimum Gasteiger partial charge on any atom is -0.489 e. The van der Waals surface area contributed by atoms with Crippen molar-refractivity contribution in [3.8, 4) is 5.75 Å². The van der Waals surface area contributed by atoms with E-state index in [1.807, 2.05) is 12.1 Å². The average Bonchev–Trinajstić information content (AvgIpc) is 2.29. The molecule has 4 nitrogen and oxygen atoms in total. The maximum Gasteiger partial charge on any atom is 0.407 e. The van der Waals surface area contributed by atoms with Crippen LogP contribution >= 0.6 is 11.6 Å². The molecule has 1 aliphatic heterocycles. The highest BCUT2D eigenvalue weighted by molar-refractivity contribution is 6.30. The molecule has 17 heavy (non-hydrogen) atoms. The third-order valence-electron chi connectivity index (χ3n) is 2.75. The van der Waals surface area contributed by atoms with E-state index in [1.165, 1.54) is 4.90 Å². The van der Waals surface area contributed by atoms with Crippen molar-refractivity contribution in [2.45, 2.75) is 18.9 Å². The number of nitrogens with zero attached hydrogens (tertiary/aromatic N) is 1. The predicted molar refractivity (Wildman–Crippen MR) is 64.7 cm³/mol. The van der Waals surface area contributed by atoms with Crippen LogP contribution in [-0.4, -0.2) is 35.3 Å². The van der Waals surface area contributed by atoms with E-state index in [0.29, 0.717) is 23.9 Å². The zero-order valence-electron chi connectivity index (χ0n) is 9.30. The summed E-state index contributed by atoms with van der Waals surface area (Å²) in [4.78, 5) is 12.2. The Morgan fingerprint density at radius 3 is 3.06 bits per heavy atom. The molecule has 1 amide bonds. The minimum absolute atomic E-state index is 0.0849. The van der Waals surface area contributed by atoms with Crippen molar-refractivity contribution in [1.82, 2.24) is 4.90 Å². The van der Waals surface area contributed by atoms with Gasteiger partial charge in [-0.05, 0) is 31.0 Å². The predicted octanol–water partition coefficient (Wildman–Crippen LogP) is 2.86. The smallest absolute Gasteiger partial charge is 0.407 e. The summed E-state index contributed by atoms with van der Waals surface area (Å²) in [6.07, 6.45) is 0.732. The molecule has 1 unspecified atom stereocenters. The summed E-state index contributed by atoms with van der Waals surface area (Å²) in [5.74, 6) is 0.690. The molecule has 92 valence electrons. The van der Waals surface area contributed by atoms with Gasteiger partial charge in [-0.2, -0.15) is 0 Å². The lowest BCUT2D eigenvalue weighted by atomic mass is 10.1. The van der Waals surface area contributed by atoms with Gasteiger partial charge >= 0.3 is 6.09 Å². The van der Waals surface area contributed by atoms with Gasteiger partial charge in [-0.15, -0.1) is 0 Å². The summed E-state index contributed by atoms with van der Waals surface area (Å²) in [6, 6.07) is 7.15. The molecule has 0 bridgehead atoms. The van der Waals surface area contributed by atoms with Gasteiger partial charge in [-0.3, -0.25) is 0 Å². The second-order valence-electron chi connectivity index (χ2n) is 4.07. The van der Waals surface area contributed by atoms with Gasteiger partial charge in [-0.25, -0.2) is 4.79 Å². The molecule has 1 N–H and O–H groups in total. The number of ether oxygens (including phenoxy) is 1. The Morgan fingerprint density at radius 1 is 1.53 bits per heavy atom. The van der Waals surface area contributed by atoms with Crippen molar-refractivity contribution >= 4 is 17.7 Å². The summed E-state index contributed by atoms with van der Waals surface area (Å²) < 4.78 is 5.73. The number of amides is 1. The molecule has 1 fully saturated rings. The van der Waals surface area contributed by atoms with Crippen LogP contribution in [-0.2, 0) is 0 Å². The van der Waals surface area contributed by atoms with Gasteiger partial charge in [0.2, 0.25) is 0 Å². The zero-order valence-corrected chi connectivity index (χ0v) is 10.1. The van der Waals surface area contributed by atoms with Crippen molar-refractivity contribution in [3.05, 3.63) is 29.3 Å². The molecular weight excluding hydrogens is 242 g/mol. The zero-order chi connectivity index (χ0) is 12.3. The Balaban J connectivity index is 1.97. The molecule has 1 heterocycles. The number of likely N-dealkylation sites (tertiary alicyclic amines) is 1. The van der Waals surface area contributed by atoms with Crippen molar-refractivity contribution in [3.63, 3.8) is 0 Å². The van der Waals surface area contributed by atoms with Crippen LogP contribution in [0, 0.1) is 0 Å². The maximum atomic E-state index is 10.9. The van der Waals surface area contributed by atoms with E-state index in [9.17, 15) is 4.79 Å². The summed E-state index contributed by atoms with van der Waals surface area (Å²) >= 11 is 5.86. The molecule has 1 atom stereocenters. The second-order valence-corrected chi connectivity index (χ2v) is 4.50. The van der Waals surface area contributed by atoms with Gasteiger partial charge < -0.3 is 14.7 Å². The third-order valence-corrected chi connectivity index (χ3v) is 2.98. The SMILES string of the molecule is O=C(O)N1CCCC(Oc2cccc(Cl)c2)C1. The average molecular weight is 256 g/mol. The molecule has 1 aromatic rings. The molecule has 0 saturated carbocycles. The van der Waals surface area contributed by atoms with E-state index in [-0.39, 0.29) is 6.10 Å². The van der Waals surface area contributed by atoms with Gasteiger partial charge in [0.25, 0.3) is 0 Å². The maximum absolute atomic E-state index is 10.9. The van der Waals surface area contributed by atoms with Crippen molar-refractivity contribution in [1.29, 1.82) is 0 Å². The number of carbonyl (C=O) groups is 1. The number of halogens is 1. The lowest BCUT2D eigenvalue weighted by Gasteiger charge is -2.30. The first kappa shape index (κ1) is 12.0. The second kappa shape index (κ2) is 5.27. The first-order valence-corrected chi connectivity index (χ1v) is 5.93. The van der Waals surface area contributed by atoms with E-state index in [2.05, 4.69) is 0 Å². The van der Waals surface area contributed by atoms with Gasteiger partial charge in [0, 0.05) is 11.6 Å². The highest BCUT2D eigenvalue weighted by atomic mass is 35.5. The first-order chi connectivity index (χ1) is 8.15. The van der Waals surface area contributed by atoms with Crippen LogP contribution in [0.5, 0.6) is 5.75 Å². The van der Waals surface area contributed by atoms with E-state index >= 15 is 0 Å². The minimum atomic E-state index is -0.885. The van der Waals surface area contributed by atoms with Gasteiger partial charge in [0.05, 0.1) is 6.54 Å². The van der Waals surface area contributed by atoms with E-state index in [4.69, 9.17) is 21.4 Å². The van der Waals surface area contributed by atoms with Crippen molar-refractivity contribution < 1.29 is 14.6 Å². The largest absolute Gasteiger partial charge is 0.489 e. The van der Waals surface area contributed by atoms with E-state index in [0.717, 1.165) is 12.8 Å². The molecular formula is C12H14ClNO3. The molecule has 0 aliphatic carbocycles. The van der Waals surface area contributed by atoms with Gasteiger partial charge in [0.15, 0.2) is 0 Å². The highest BCUT2D eigenvalue weighted by Crippen LogP contribution is 2.21. The molecule has 0 aromatic heterocycles. The standard InChI is InChI=1S/C12H14ClNO3/c13-9-3-1-4-10(7-9)17-11-5-2-6-14(8-11)12(15)16/h1,3-4,7,11H,2,5-6,8H2,(H,15,16). The normalized spacial score (nSPS) is 20.1. The highest BCUT2D eigenvalue weighted by Gasteiger charge is 2.24. The molecule has 5 heteroatoms. The van der Waals surface area contributed by atoms with Gasteiger partial charge in [-0.1, -0.05) is 17.7 Å². The molecule has 1 aliphatic rings. The van der Waals surface area contributed by atoms with E-state index < -0.39 is 6.09 Å². The van der Waals surface area contributed by atoms with Crippen LogP contribution in [0.1, 0.15) is 12.8 Å². The van der Waals surface area contributed by atoms with Crippen LogP contribution < -0.4 is 4.74 Å². The van der Waals surface area contributed by atoms with Gasteiger partial charge in [0.1, 0.15) is 11.9 Å². The number of rotatable bonds is 2. The van der Waals surface area contributed by atoms with Crippen LogP contribution in [0.4, 0.5) is 4.79 Å². The number of piperidine rings is 1. The van der Waals surface area contributed by atoms with E-state index in [1.54, 1.807) is 12.1 Å². The summed E-state index contributed by atoms with van der Waals surface area (Å²) in [5, 5.41) is 9.53.